The summed E-state index contributed by atoms with van der Waals surface area (Å²) in [5.41, 5.74) is 0. The average Bonchev–Trinajstić information content (AvgIpc) is 2.29. The van der Waals surface area contributed by atoms with Crippen molar-refractivity contribution in [3.05, 3.63) is 12.7 Å². The normalized spacial score (nSPS) is 13.1. The van der Waals surface area contributed by atoms with Crippen LogP contribution in [0.2, 0.25) is 6.04 Å². The van der Waals surface area contributed by atoms with Crippen molar-refractivity contribution in [1.29, 1.82) is 0 Å². The minimum absolute atomic E-state index is 0.269. The van der Waals surface area contributed by atoms with Gasteiger partial charge in [0.05, 0.1) is 0 Å². The van der Waals surface area contributed by atoms with Crippen LogP contribution < -0.4 is 5.32 Å². The number of hydrogen-bond acceptors (Lipinski definition) is 4. The fraction of sp³-hybridized carbons (Fsp3) is 0.750. The molecule has 0 aliphatic rings. The van der Waals surface area contributed by atoms with Gasteiger partial charge in [0.15, 0.2) is 0 Å². The summed E-state index contributed by atoms with van der Waals surface area (Å²) >= 11 is 0. The first-order valence-electron chi connectivity index (χ1n) is 6.42. The maximum Gasteiger partial charge on any atom is 0.502 e. The molecule has 0 aromatic carbocycles. The van der Waals surface area contributed by atoms with Gasteiger partial charge in [-0.25, -0.2) is 0 Å². The molecule has 1 unspecified atom stereocenters. The van der Waals surface area contributed by atoms with E-state index in [2.05, 4.69) is 18.8 Å². The van der Waals surface area contributed by atoms with Crippen LogP contribution in [0.25, 0.3) is 0 Å². The highest BCUT2D eigenvalue weighted by atomic mass is 28.4. The number of hydrogen-bond donors (Lipinski definition) is 1. The Balaban J connectivity index is 4.62. The van der Waals surface area contributed by atoms with Crippen molar-refractivity contribution in [1.82, 2.24) is 5.32 Å². The summed E-state index contributed by atoms with van der Waals surface area (Å²) in [5, 5.41) is 2.66. The Labute approximate surface area is 111 Å². The third-order valence-electron chi connectivity index (χ3n) is 2.17. The lowest BCUT2D eigenvalue weighted by Crippen LogP contribution is -2.51. The molecule has 0 aliphatic carbocycles. The van der Waals surface area contributed by atoms with E-state index in [1.54, 1.807) is 6.92 Å². The lowest BCUT2D eigenvalue weighted by Gasteiger charge is -2.31. The molecule has 6 heteroatoms. The van der Waals surface area contributed by atoms with Gasteiger partial charge in [0.1, 0.15) is 6.23 Å². The highest BCUT2D eigenvalue weighted by molar-refractivity contribution is 6.60. The zero-order valence-electron chi connectivity index (χ0n) is 11.8. The van der Waals surface area contributed by atoms with Crippen molar-refractivity contribution in [3.8, 4) is 0 Å². The van der Waals surface area contributed by atoms with Crippen LogP contribution in [0.4, 0.5) is 0 Å². The molecule has 0 heterocycles. The van der Waals surface area contributed by atoms with E-state index in [0.717, 1.165) is 12.5 Å². The Morgan fingerprint density at radius 3 is 2.28 bits per heavy atom. The molecule has 18 heavy (non-hydrogen) atoms. The second kappa shape index (κ2) is 9.27. The van der Waals surface area contributed by atoms with E-state index in [0.29, 0.717) is 13.2 Å². The molecule has 0 saturated heterocycles. The molecule has 0 radical (unpaired) electrons. The molecule has 0 aliphatic heterocycles. The van der Waals surface area contributed by atoms with E-state index in [4.69, 9.17) is 13.3 Å². The van der Waals surface area contributed by atoms with Gasteiger partial charge in [-0.3, -0.25) is 4.79 Å². The largest absolute Gasteiger partial charge is 0.502 e. The van der Waals surface area contributed by atoms with Gasteiger partial charge in [-0.05, 0) is 26.8 Å². The van der Waals surface area contributed by atoms with Gasteiger partial charge in [0, 0.05) is 19.3 Å². The first-order valence-corrected chi connectivity index (χ1v) is 8.35. The van der Waals surface area contributed by atoms with Gasteiger partial charge in [-0.15, -0.1) is 0 Å². The minimum atomic E-state index is -2.69. The third-order valence-corrected chi connectivity index (χ3v) is 5.45. The van der Waals surface area contributed by atoms with Gasteiger partial charge in [-0.2, -0.15) is 0 Å². The first kappa shape index (κ1) is 17.3. The number of amides is 1. The zero-order chi connectivity index (χ0) is 14.0. The maximum absolute atomic E-state index is 11.2. The summed E-state index contributed by atoms with van der Waals surface area (Å²) in [7, 11) is -2.69. The lowest BCUT2D eigenvalue weighted by atomic mass is 10.5. The van der Waals surface area contributed by atoms with Crippen molar-refractivity contribution in [2.24, 2.45) is 0 Å². The van der Waals surface area contributed by atoms with Crippen LogP contribution >= 0.6 is 0 Å². The fourth-order valence-electron chi connectivity index (χ4n) is 1.62. The highest BCUT2D eigenvalue weighted by Crippen LogP contribution is 2.19. The van der Waals surface area contributed by atoms with E-state index in [1.807, 2.05) is 13.8 Å². The van der Waals surface area contributed by atoms with Gasteiger partial charge in [-0.1, -0.05) is 19.9 Å². The van der Waals surface area contributed by atoms with E-state index >= 15 is 0 Å². The van der Waals surface area contributed by atoms with Crippen molar-refractivity contribution >= 4 is 14.7 Å². The number of carbonyl (C=O) groups excluding carboxylic acids is 1. The van der Waals surface area contributed by atoms with Crippen molar-refractivity contribution in [3.63, 3.8) is 0 Å². The van der Waals surface area contributed by atoms with Crippen molar-refractivity contribution < 1.29 is 18.1 Å². The van der Waals surface area contributed by atoms with Crippen molar-refractivity contribution in [2.45, 2.75) is 46.4 Å². The molecule has 106 valence electrons. The van der Waals surface area contributed by atoms with Crippen LogP contribution in [-0.4, -0.2) is 34.2 Å². The van der Waals surface area contributed by atoms with Gasteiger partial charge < -0.3 is 18.6 Å². The van der Waals surface area contributed by atoms with E-state index in [1.165, 1.54) is 6.08 Å². The molecule has 0 saturated carbocycles. The predicted octanol–water partition coefficient (Wildman–Crippen LogP) is 2.07. The van der Waals surface area contributed by atoms with E-state index in [-0.39, 0.29) is 5.91 Å². The quantitative estimate of drug-likeness (QED) is 0.377. The molecule has 0 bridgehead atoms. The summed E-state index contributed by atoms with van der Waals surface area (Å²) in [6.07, 6.45) is 1.67. The van der Waals surface area contributed by atoms with Crippen molar-refractivity contribution in [2.75, 3.05) is 13.2 Å². The number of rotatable bonds is 10. The molecule has 0 spiro atoms. The Hall–Kier alpha value is -0.693. The standard InChI is InChI=1S/C12H25NO4Si/c1-6-10-18(15-8-3,16-9-4)17-11(5)13-12(14)7-2/h7,11H,2,6,8-10H2,1,3-5H3,(H,13,14). The fourth-order valence-corrected chi connectivity index (χ4v) is 4.33. The Bertz CT molecular complexity index is 243. The summed E-state index contributed by atoms with van der Waals surface area (Å²) in [4.78, 5) is 11.2. The van der Waals surface area contributed by atoms with Crippen LogP contribution in [0.5, 0.6) is 0 Å². The summed E-state index contributed by atoms with van der Waals surface area (Å²) in [6.45, 7) is 12.1. The topological polar surface area (TPSA) is 56.8 Å². The molecule has 0 fully saturated rings. The maximum atomic E-state index is 11.2. The smallest absolute Gasteiger partial charge is 0.374 e. The zero-order valence-corrected chi connectivity index (χ0v) is 12.8. The Morgan fingerprint density at radius 2 is 1.89 bits per heavy atom. The van der Waals surface area contributed by atoms with E-state index < -0.39 is 15.0 Å². The highest BCUT2D eigenvalue weighted by Gasteiger charge is 2.41. The summed E-state index contributed by atoms with van der Waals surface area (Å²) < 4.78 is 17.3. The third kappa shape index (κ3) is 6.30. The molecule has 1 N–H and O–H groups in total. The molecular weight excluding hydrogens is 250 g/mol. The van der Waals surface area contributed by atoms with Gasteiger partial charge >= 0.3 is 8.80 Å². The van der Waals surface area contributed by atoms with Crippen LogP contribution in [-0.2, 0) is 18.1 Å². The molecule has 1 atom stereocenters. The van der Waals surface area contributed by atoms with Gasteiger partial charge in [0.25, 0.3) is 0 Å². The van der Waals surface area contributed by atoms with E-state index in [9.17, 15) is 4.79 Å². The van der Waals surface area contributed by atoms with Crippen LogP contribution in [0.1, 0.15) is 34.1 Å². The van der Waals surface area contributed by atoms with Gasteiger partial charge in [0.2, 0.25) is 5.91 Å². The predicted molar refractivity (Wildman–Crippen MR) is 73.0 cm³/mol. The second-order valence-electron chi connectivity index (χ2n) is 3.77. The van der Waals surface area contributed by atoms with Crippen LogP contribution in [0.15, 0.2) is 12.7 Å². The first-order chi connectivity index (χ1) is 8.53. The summed E-state index contributed by atoms with van der Waals surface area (Å²) in [5.74, 6) is -0.269. The number of nitrogens with one attached hydrogen (secondary N) is 1. The Morgan fingerprint density at radius 1 is 1.33 bits per heavy atom. The molecule has 0 rings (SSSR count). The minimum Gasteiger partial charge on any atom is -0.374 e. The molecular formula is C12H25NO4Si. The monoisotopic (exact) mass is 275 g/mol. The Kier molecular flexibility index (Phi) is 8.91. The average molecular weight is 275 g/mol. The SMILES string of the molecule is C=CC(=O)NC(C)O[Si](CCC)(OCC)OCC. The second-order valence-corrected chi connectivity index (χ2v) is 6.45. The lowest BCUT2D eigenvalue weighted by molar-refractivity contribution is -0.119. The summed E-state index contributed by atoms with van der Waals surface area (Å²) in [6, 6.07) is 0.739. The molecule has 0 aromatic heterocycles. The van der Waals surface area contributed by atoms with Crippen LogP contribution in [0, 0.1) is 0 Å². The number of carbonyl (C=O) groups is 1. The molecule has 1 amide bonds. The molecule has 0 aromatic rings. The molecule has 5 nitrogen and oxygen atoms in total. The van der Waals surface area contributed by atoms with Crippen LogP contribution in [0.3, 0.4) is 0 Å².